The minimum atomic E-state index is 0.396. The lowest BCUT2D eigenvalue weighted by Gasteiger charge is -2.36. The number of aromatic amines is 1. The molecule has 3 nitrogen and oxygen atoms in total. The van der Waals surface area contributed by atoms with Crippen LogP contribution in [0, 0.1) is 11.3 Å². The Morgan fingerprint density at radius 2 is 2.00 bits per heavy atom. The summed E-state index contributed by atoms with van der Waals surface area (Å²) < 4.78 is 0. The molecule has 1 aromatic carbocycles. The Morgan fingerprint density at radius 3 is 2.67 bits per heavy atom. The van der Waals surface area contributed by atoms with Crippen molar-refractivity contribution in [1.29, 1.82) is 0 Å². The minimum Gasteiger partial charge on any atom is -0.399 e. The van der Waals surface area contributed by atoms with Gasteiger partial charge in [0.25, 0.3) is 0 Å². The average Bonchev–Trinajstić information content (AvgIpc) is 2.91. The molecule has 1 aliphatic rings. The van der Waals surface area contributed by atoms with Gasteiger partial charge in [-0.3, -0.25) is 5.10 Å². The lowest BCUT2D eigenvalue weighted by atomic mass is 9.69. The van der Waals surface area contributed by atoms with Crippen LogP contribution >= 0.6 is 0 Å². The van der Waals surface area contributed by atoms with Gasteiger partial charge in [0.1, 0.15) is 0 Å². The number of fused-ring (bicyclic) bond motifs is 1. The van der Waals surface area contributed by atoms with E-state index < -0.39 is 0 Å². The first-order valence-electron chi connectivity index (χ1n) is 7.93. The zero-order valence-corrected chi connectivity index (χ0v) is 13.2. The van der Waals surface area contributed by atoms with Gasteiger partial charge >= 0.3 is 0 Å². The van der Waals surface area contributed by atoms with Crippen molar-refractivity contribution in [1.82, 2.24) is 10.2 Å². The number of nitrogen functional groups attached to an aromatic ring is 1. The second-order valence-corrected chi connectivity index (χ2v) is 6.93. The van der Waals surface area contributed by atoms with Crippen LogP contribution in [0.3, 0.4) is 0 Å². The molecule has 1 heterocycles. The van der Waals surface area contributed by atoms with Crippen LogP contribution in [0.1, 0.15) is 44.9 Å². The van der Waals surface area contributed by atoms with Crippen molar-refractivity contribution in [3.8, 4) is 11.3 Å². The molecular formula is C18H25N3. The Bertz CT molecular complexity index is 622. The van der Waals surface area contributed by atoms with E-state index in [4.69, 9.17) is 5.73 Å². The number of nitrogens with zero attached hydrogens (tertiary/aromatic N) is 1. The monoisotopic (exact) mass is 283 g/mol. The lowest BCUT2D eigenvalue weighted by molar-refractivity contribution is 0.182. The van der Waals surface area contributed by atoms with Crippen LogP contribution in [0.15, 0.2) is 24.3 Å². The largest absolute Gasteiger partial charge is 0.399 e. The van der Waals surface area contributed by atoms with Crippen LogP contribution in [0.2, 0.25) is 0 Å². The van der Waals surface area contributed by atoms with Crippen molar-refractivity contribution in [2.75, 3.05) is 5.73 Å². The number of hydrogen-bond donors (Lipinski definition) is 2. The van der Waals surface area contributed by atoms with Gasteiger partial charge in [-0.1, -0.05) is 39.3 Å². The number of benzene rings is 1. The number of anilines is 1. The lowest BCUT2D eigenvalue weighted by Crippen LogP contribution is -2.28. The van der Waals surface area contributed by atoms with E-state index in [2.05, 4.69) is 43.1 Å². The number of rotatable bonds is 3. The number of aryl methyl sites for hydroxylation is 1. The molecule has 0 amide bonds. The Morgan fingerprint density at radius 1 is 1.29 bits per heavy atom. The first-order chi connectivity index (χ1) is 10.0. The highest BCUT2D eigenvalue weighted by Gasteiger charge is 2.33. The van der Waals surface area contributed by atoms with E-state index in [0.29, 0.717) is 5.41 Å². The molecule has 1 atom stereocenters. The zero-order valence-electron chi connectivity index (χ0n) is 13.2. The number of H-pyrrole nitrogens is 1. The zero-order chi connectivity index (χ0) is 15.0. The van der Waals surface area contributed by atoms with Crippen LogP contribution in [0.5, 0.6) is 0 Å². The highest BCUT2D eigenvalue weighted by molar-refractivity contribution is 5.66. The first kappa shape index (κ1) is 14.2. The third kappa shape index (κ3) is 2.57. The summed E-state index contributed by atoms with van der Waals surface area (Å²) in [5.74, 6) is 0.736. The maximum Gasteiger partial charge on any atom is 0.0955 e. The Hall–Kier alpha value is -1.77. The van der Waals surface area contributed by atoms with Crippen molar-refractivity contribution in [3.05, 3.63) is 35.5 Å². The topological polar surface area (TPSA) is 54.7 Å². The fourth-order valence-electron chi connectivity index (χ4n) is 3.33. The van der Waals surface area contributed by atoms with Crippen LogP contribution in [0.25, 0.3) is 11.3 Å². The van der Waals surface area contributed by atoms with E-state index in [1.165, 1.54) is 24.1 Å². The van der Waals surface area contributed by atoms with E-state index in [1.54, 1.807) is 0 Å². The SMILES string of the molecule is CCC(C)(C)C1CCc2[nH]nc(-c3ccc(N)cc3)c2C1. The summed E-state index contributed by atoms with van der Waals surface area (Å²) in [5.41, 5.74) is 12.0. The third-order valence-electron chi connectivity index (χ3n) is 5.35. The Labute approximate surface area is 127 Å². The van der Waals surface area contributed by atoms with Crippen molar-refractivity contribution in [3.63, 3.8) is 0 Å². The fraction of sp³-hybridized carbons (Fsp3) is 0.500. The second kappa shape index (κ2) is 5.21. The van der Waals surface area contributed by atoms with Gasteiger partial charge in [-0.25, -0.2) is 0 Å². The average molecular weight is 283 g/mol. The van der Waals surface area contributed by atoms with Crippen molar-refractivity contribution < 1.29 is 0 Å². The number of nitrogens with one attached hydrogen (secondary N) is 1. The van der Waals surface area contributed by atoms with Crippen LogP contribution < -0.4 is 5.73 Å². The molecule has 1 aliphatic carbocycles. The standard InChI is InChI=1S/C18H25N3/c1-4-18(2,3)13-7-10-16-15(11-13)17(21-20-16)12-5-8-14(19)9-6-12/h5-6,8-9,13H,4,7,10-11,19H2,1-3H3,(H,20,21). The molecule has 0 spiro atoms. The first-order valence-corrected chi connectivity index (χ1v) is 7.93. The van der Waals surface area contributed by atoms with Crippen molar-refractivity contribution in [2.45, 2.75) is 46.5 Å². The van der Waals surface area contributed by atoms with Gasteiger partial charge in [0.05, 0.1) is 5.69 Å². The maximum atomic E-state index is 5.79. The van der Waals surface area contributed by atoms with Gasteiger partial charge in [0.2, 0.25) is 0 Å². The summed E-state index contributed by atoms with van der Waals surface area (Å²) in [5, 5.41) is 7.82. The summed E-state index contributed by atoms with van der Waals surface area (Å²) in [6, 6.07) is 8.04. The van der Waals surface area contributed by atoms with Gasteiger partial charge in [0, 0.05) is 22.5 Å². The molecule has 21 heavy (non-hydrogen) atoms. The molecule has 112 valence electrons. The van der Waals surface area contributed by atoms with E-state index in [-0.39, 0.29) is 0 Å². The van der Waals surface area contributed by atoms with Gasteiger partial charge in [-0.2, -0.15) is 5.10 Å². The fourth-order valence-corrected chi connectivity index (χ4v) is 3.33. The second-order valence-electron chi connectivity index (χ2n) is 6.93. The van der Waals surface area contributed by atoms with Crippen LogP contribution in [-0.4, -0.2) is 10.2 Å². The van der Waals surface area contributed by atoms with Gasteiger partial charge in [-0.15, -0.1) is 0 Å². The number of hydrogen-bond acceptors (Lipinski definition) is 2. The van der Waals surface area contributed by atoms with E-state index >= 15 is 0 Å². The molecule has 0 saturated heterocycles. The highest BCUT2D eigenvalue weighted by atomic mass is 15.1. The molecule has 1 aromatic heterocycles. The summed E-state index contributed by atoms with van der Waals surface area (Å²) in [6.07, 6.45) is 4.73. The van der Waals surface area contributed by atoms with Gasteiger partial charge in [-0.05, 0) is 42.7 Å². The molecular weight excluding hydrogens is 258 g/mol. The van der Waals surface area contributed by atoms with Gasteiger partial charge in [0.15, 0.2) is 0 Å². The molecule has 0 saturated carbocycles. The molecule has 3 rings (SSSR count). The Kier molecular flexibility index (Phi) is 3.52. The van der Waals surface area contributed by atoms with Crippen LogP contribution in [0.4, 0.5) is 5.69 Å². The third-order valence-corrected chi connectivity index (χ3v) is 5.35. The van der Waals surface area contributed by atoms with Crippen molar-refractivity contribution in [2.24, 2.45) is 11.3 Å². The molecule has 2 aromatic rings. The molecule has 0 aliphatic heterocycles. The summed E-state index contributed by atoms with van der Waals surface area (Å²) in [7, 11) is 0. The molecule has 0 bridgehead atoms. The summed E-state index contributed by atoms with van der Waals surface area (Å²) in [6.45, 7) is 7.09. The molecule has 1 unspecified atom stereocenters. The summed E-state index contributed by atoms with van der Waals surface area (Å²) in [4.78, 5) is 0. The van der Waals surface area contributed by atoms with E-state index in [1.807, 2.05) is 12.1 Å². The smallest absolute Gasteiger partial charge is 0.0955 e. The van der Waals surface area contributed by atoms with Crippen molar-refractivity contribution >= 4 is 5.69 Å². The molecule has 0 fully saturated rings. The Balaban J connectivity index is 1.94. The number of aromatic nitrogens is 2. The molecule has 3 heteroatoms. The molecule has 3 N–H and O–H groups in total. The normalized spacial score (nSPS) is 18.5. The van der Waals surface area contributed by atoms with E-state index in [9.17, 15) is 0 Å². The van der Waals surface area contributed by atoms with Gasteiger partial charge < -0.3 is 5.73 Å². The summed E-state index contributed by atoms with van der Waals surface area (Å²) >= 11 is 0. The minimum absolute atomic E-state index is 0.396. The van der Waals surface area contributed by atoms with Crippen LogP contribution in [-0.2, 0) is 12.8 Å². The predicted molar refractivity (Wildman–Crippen MR) is 88.0 cm³/mol. The quantitative estimate of drug-likeness (QED) is 0.829. The van der Waals surface area contributed by atoms with E-state index in [0.717, 1.165) is 35.7 Å². The molecule has 0 radical (unpaired) electrons. The maximum absolute atomic E-state index is 5.79. The highest BCUT2D eigenvalue weighted by Crippen LogP contribution is 2.41. The number of nitrogens with two attached hydrogens (primary N) is 1. The predicted octanol–water partition coefficient (Wildman–Crippen LogP) is 4.20.